The monoisotopic (exact) mass is 696 g/mol. The molecule has 5 aliphatic carbocycles. The summed E-state index contributed by atoms with van der Waals surface area (Å²) in [5.74, 6) is -2.47. The second-order valence-electron chi connectivity index (χ2n) is 16.5. The smallest absolute Gasteiger partial charge is 0.340 e. The predicted molar refractivity (Wildman–Crippen MR) is 179 cm³/mol. The highest BCUT2D eigenvalue weighted by atomic mass is 16.5. The number of likely N-dealkylation sites (tertiary alicyclic amines) is 1. The Morgan fingerprint density at radius 1 is 1.06 bits per heavy atom. The van der Waals surface area contributed by atoms with Crippen LogP contribution in [0.15, 0.2) is 18.2 Å². The lowest BCUT2D eigenvalue weighted by atomic mass is 9.42. The highest BCUT2D eigenvalue weighted by molar-refractivity contribution is 6.22. The van der Waals surface area contributed by atoms with Gasteiger partial charge in [-0.25, -0.2) is 9.69 Å². The molecule has 1 spiro atoms. The molecule has 14 atom stereocenters. The number of hydrogen-bond donors (Lipinski definition) is 2. The molecule has 12 heteroatoms. The van der Waals surface area contributed by atoms with Crippen LogP contribution in [-0.4, -0.2) is 123 Å². The van der Waals surface area contributed by atoms with Gasteiger partial charge in [0.25, 0.3) is 0 Å². The zero-order valence-corrected chi connectivity index (χ0v) is 30.2. The molecule has 7 fully saturated rings. The number of carbonyl (C=O) groups is 3. The fraction of sp³-hybridized carbons (Fsp3) is 0.763. The minimum atomic E-state index is -1.70. The zero-order valence-electron chi connectivity index (χ0n) is 30.2. The minimum Gasteiger partial charge on any atom is -0.461 e. The molecule has 12 nitrogen and oxygen atoms in total. The third kappa shape index (κ3) is 3.94. The first-order valence-electron chi connectivity index (χ1n) is 18.3. The van der Waals surface area contributed by atoms with Crippen LogP contribution < -0.4 is 4.90 Å². The van der Waals surface area contributed by atoms with Gasteiger partial charge in [0.1, 0.15) is 11.2 Å². The van der Waals surface area contributed by atoms with Crippen LogP contribution in [0.4, 0.5) is 5.69 Å². The molecule has 2 unspecified atom stereocenters. The van der Waals surface area contributed by atoms with Crippen LogP contribution >= 0.6 is 0 Å². The molecule has 7 bridgehead atoms. The third-order valence-corrected chi connectivity index (χ3v) is 14.8. The van der Waals surface area contributed by atoms with E-state index in [0.29, 0.717) is 25.9 Å². The van der Waals surface area contributed by atoms with E-state index in [1.54, 1.807) is 53.6 Å². The normalized spacial score (nSPS) is 47.3. The number of aliphatic hydroxyl groups is 2. The SMILES string of the molecule is CCN1C[C@]2(COC(=O)c3cc(C)ccc3N3C(=O)C[C@H](C)C3=O)CC[C@H](OC)[C@@]34C2[C@H](OC)[C@](O)(C13)[C@@]1(O)C[C@H](OC)[C@H]2C[C@@H]4[C@@H]1[C@H]2OC. The molecule has 0 radical (unpaired) electrons. The lowest BCUT2D eigenvalue weighted by Gasteiger charge is -2.70. The number of carbonyl (C=O) groups excluding carboxylic acids is 3. The summed E-state index contributed by atoms with van der Waals surface area (Å²) in [7, 11) is 6.71. The summed E-state index contributed by atoms with van der Waals surface area (Å²) >= 11 is 0. The van der Waals surface area contributed by atoms with E-state index in [2.05, 4.69) is 11.8 Å². The summed E-state index contributed by atoms with van der Waals surface area (Å²) in [6.45, 7) is 6.81. The van der Waals surface area contributed by atoms with Crippen molar-refractivity contribution in [3.8, 4) is 0 Å². The van der Waals surface area contributed by atoms with Crippen molar-refractivity contribution in [1.82, 2.24) is 4.90 Å². The maximum atomic E-state index is 14.2. The van der Waals surface area contributed by atoms with Crippen molar-refractivity contribution in [2.75, 3.05) is 53.0 Å². The number of piperidine rings is 1. The summed E-state index contributed by atoms with van der Waals surface area (Å²) in [5.41, 5.74) is -3.36. The Morgan fingerprint density at radius 2 is 1.82 bits per heavy atom. The first-order chi connectivity index (χ1) is 23.8. The number of esters is 1. The first-order valence-corrected chi connectivity index (χ1v) is 18.3. The van der Waals surface area contributed by atoms with Crippen LogP contribution in [-0.2, 0) is 33.3 Å². The molecular formula is C38H52N2O10. The first kappa shape index (κ1) is 34.6. The Hall–Kier alpha value is -2.45. The Bertz CT molecular complexity index is 1600. The summed E-state index contributed by atoms with van der Waals surface area (Å²) in [5, 5.41) is 26.6. The number of ether oxygens (including phenoxy) is 5. The number of rotatable bonds is 9. The van der Waals surface area contributed by atoms with Gasteiger partial charge in [0.2, 0.25) is 11.8 Å². The standard InChI is InChI=1S/C38H52N2O10/c1-8-39-17-35(18-50-33(43)21-13-19(2)9-10-24(21)40-27(41)14-20(3)32(40)42)12-11-26(47-5)37-23-15-22-25(46-4)16-36(44,28(23)29(22)48-6)38(45,34(37)39)31(49-7)30(35)37/h9-10,13,20,22-23,25-26,28-31,34,44-45H,8,11-12,14-18H2,1-7H3/t20-,22+,23+,25-,26-,28+,29-,30?,31-,34?,35-,36+,37-,38-/m0/s1. The highest BCUT2D eigenvalue weighted by Crippen LogP contribution is 2.80. The van der Waals surface area contributed by atoms with Crippen LogP contribution in [0.5, 0.6) is 0 Å². The van der Waals surface area contributed by atoms with E-state index in [4.69, 9.17) is 23.7 Å². The number of amides is 2. The largest absolute Gasteiger partial charge is 0.461 e. The van der Waals surface area contributed by atoms with Gasteiger partial charge in [0.05, 0.1) is 48.3 Å². The maximum Gasteiger partial charge on any atom is 0.340 e. The second kappa shape index (κ2) is 11.5. The number of likely N-dealkylation sites (N-methyl/N-ethyl adjacent to an activating group) is 1. The Kier molecular flexibility index (Phi) is 7.98. The van der Waals surface area contributed by atoms with Gasteiger partial charge in [-0.2, -0.15) is 0 Å². The van der Waals surface area contributed by atoms with Crippen molar-refractivity contribution in [3.05, 3.63) is 29.3 Å². The molecule has 50 heavy (non-hydrogen) atoms. The van der Waals surface area contributed by atoms with Crippen LogP contribution in [0.2, 0.25) is 0 Å². The van der Waals surface area contributed by atoms with Crippen molar-refractivity contribution >= 4 is 23.5 Å². The molecule has 2 amide bonds. The third-order valence-electron chi connectivity index (χ3n) is 14.8. The van der Waals surface area contributed by atoms with E-state index < -0.39 is 46.1 Å². The van der Waals surface area contributed by atoms with E-state index in [0.717, 1.165) is 16.9 Å². The number of imide groups is 1. The van der Waals surface area contributed by atoms with Gasteiger partial charge < -0.3 is 33.9 Å². The molecule has 5 saturated carbocycles. The summed E-state index contributed by atoms with van der Waals surface area (Å²) in [6.07, 6.45) is 0.801. The number of methoxy groups -OCH3 is 4. The minimum absolute atomic E-state index is 0.0349. The fourth-order valence-electron chi connectivity index (χ4n) is 13.3. The van der Waals surface area contributed by atoms with Gasteiger partial charge in [-0.1, -0.05) is 25.5 Å². The summed E-state index contributed by atoms with van der Waals surface area (Å²) < 4.78 is 31.5. The van der Waals surface area contributed by atoms with Gasteiger partial charge in [0.15, 0.2) is 0 Å². The predicted octanol–water partition coefficient (Wildman–Crippen LogP) is 2.34. The molecule has 2 saturated heterocycles. The van der Waals surface area contributed by atoms with Gasteiger partial charge >= 0.3 is 5.97 Å². The fourth-order valence-corrected chi connectivity index (χ4v) is 13.3. The number of hydrogen-bond acceptors (Lipinski definition) is 11. The molecular weight excluding hydrogens is 644 g/mol. The molecule has 0 aromatic heterocycles. The van der Waals surface area contributed by atoms with Crippen LogP contribution in [0.3, 0.4) is 0 Å². The van der Waals surface area contributed by atoms with Gasteiger partial charge in [-0.05, 0) is 50.8 Å². The molecule has 1 aromatic carbocycles. The number of nitrogens with zero attached hydrogens (tertiary/aromatic N) is 2. The molecule has 7 aliphatic rings. The Balaban J connectivity index is 1.24. The number of fused-ring (bicyclic) bond motifs is 2. The van der Waals surface area contributed by atoms with Crippen molar-refractivity contribution in [2.45, 2.75) is 94.5 Å². The van der Waals surface area contributed by atoms with E-state index in [-0.39, 0.29) is 84.5 Å². The van der Waals surface area contributed by atoms with Crippen molar-refractivity contribution in [3.63, 3.8) is 0 Å². The molecule has 8 rings (SSSR count). The average Bonchev–Trinajstić information content (AvgIpc) is 3.63. The van der Waals surface area contributed by atoms with E-state index in [1.165, 1.54) is 0 Å². The lowest BCUT2D eigenvalue weighted by molar-refractivity contribution is -0.320. The topological polar surface area (TPSA) is 144 Å². The van der Waals surface area contributed by atoms with Crippen molar-refractivity contribution in [1.29, 1.82) is 0 Å². The van der Waals surface area contributed by atoms with E-state index in [1.807, 2.05) is 6.92 Å². The summed E-state index contributed by atoms with van der Waals surface area (Å²) in [4.78, 5) is 43.6. The lowest BCUT2D eigenvalue weighted by Crippen LogP contribution is -2.82. The number of benzene rings is 1. The quantitative estimate of drug-likeness (QED) is 0.290. The molecule has 1 aromatic rings. The van der Waals surface area contributed by atoms with Gasteiger partial charge in [0, 0.05) is 82.3 Å². The van der Waals surface area contributed by atoms with Crippen LogP contribution in [0, 0.1) is 47.3 Å². The molecule has 2 N–H and O–H groups in total. The second-order valence-corrected chi connectivity index (χ2v) is 16.5. The van der Waals surface area contributed by atoms with Gasteiger partial charge in [-0.15, -0.1) is 0 Å². The molecule has 2 heterocycles. The zero-order chi connectivity index (χ0) is 35.7. The Morgan fingerprint density at radius 3 is 2.44 bits per heavy atom. The van der Waals surface area contributed by atoms with Crippen LogP contribution in [0.25, 0.3) is 0 Å². The molecule has 2 aliphatic heterocycles. The Labute approximate surface area is 293 Å². The van der Waals surface area contributed by atoms with Gasteiger partial charge in [-0.3, -0.25) is 14.5 Å². The maximum absolute atomic E-state index is 14.2. The van der Waals surface area contributed by atoms with E-state index >= 15 is 0 Å². The average molecular weight is 697 g/mol. The van der Waals surface area contributed by atoms with Crippen LogP contribution in [0.1, 0.15) is 61.9 Å². The number of anilines is 1. The number of aryl methyl sites for hydroxylation is 1. The van der Waals surface area contributed by atoms with E-state index in [9.17, 15) is 24.6 Å². The van der Waals surface area contributed by atoms with Crippen molar-refractivity contribution in [2.24, 2.45) is 40.4 Å². The summed E-state index contributed by atoms with van der Waals surface area (Å²) in [6, 6.07) is 4.63. The van der Waals surface area contributed by atoms with Crippen molar-refractivity contribution < 1.29 is 48.3 Å². The molecule has 274 valence electrons. The highest BCUT2D eigenvalue weighted by Gasteiger charge is 2.91.